The largest absolute Gasteiger partial charge is 0.497 e. The number of likely N-dealkylation sites (tertiary alicyclic amines) is 1. The van der Waals surface area contributed by atoms with Crippen molar-refractivity contribution in [1.29, 1.82) is 0 Å². The summed E-state index contributed by atoms with van der Waals surface area (Å²) in [5.74, 6) is 0.684. The van der Waals surface area contributed by atoms with Gasteiger partial charge in [0.2, 0.25) is 0 Å². The number of piperidine rings is 3. The van der Waals surface area contributed by atoms with Crippen LogP contribution in [0.25, 0.3) is 0 Å². The quantitative estimate of drug-likeness (QED) is 0.791. The number of hydrogen-bond donors (Lipinski definition) is 1. The Bertz CT molecular complexity index is 747. The van der Waals surface area contributed by atoms with Gasteiger partial charge in [-0.05, 0) is 70.3 Å². The highest BCUT2D eigenvalue weighted by molar-refractivity contribution is 6.35. The molecule has 0 unspecified atom stereocenters. The van der Waals surface area contributed by atoms with Gasteiger partial charge >= 0.3 is 11.8 Å². The van der Waals surface area contributed by atoms with Gasteiger partial charge in [0.1, 0.15) is 5.75 Å². The average Bonchev–Trinajstić information content (AvgIpc) is 3.10. The molecule has 4 saturated heterocycles. The maximum absolute atomic E-state index is 13.1. The summed E-state index contributed by atoms with van der Waals surface area (Å²) >= 11 is 0. The van der Waals surface area contributed by atoms with Crippen LogP contribution in [0, 0.1) is 5.92 Å². The van der Waals surface area contributed by atoms with E-state index in [1.807, 2.05) is 37.8 Å². The Hall–Kier alpha value is -2.08. The van der Waals surface area contributed by atoms with Crippen LogP contribution in [0.3, 0.4) is 0 Å². The lowest BCUT2D eigenvalue weighted by atomic mass is 9.75. The van der Waals surface area contributed by atoms with Gasteiger partial charge in [0.05, 0.1) is 13.2 Å². The molecule has 152 valence electrons. The normalized spacial score (nSPS) is 31.4. The zero-order valence-electron chi connectivity index (χ0n) is 17.3. The maximum Gasteiger partial charge on any atom is 0.312 e. The van der Waals surface area contributed by atoms with Crippen molar-refractivity contribution >= 4 is 11.8 Å². The molecular weight excluding hydrogens is 354 g/mol. The lowest BCUT2D eigenvalue weighted by Gasteiger charge is -2.51. The predicted molar refractivity (Wildman–Crippen MR) is 107 cm³/mol. The van der Waals surface area contributed by atoms with Crippen LogP contribution in [0.5, 0.6) is 5.75 Å². The minimum Gasteiger partial charge on any atom is -0.497 e. The number of carbonyl (C=O) groups is 2. The summed E-state index contributed by atoms with van der Waals surface area (Å²) in [7, 11) is 1.67. The molecule has 3 atom stereocenters. The number of rotatable bonds is 2. The second-order valence-electron chi connectivity index (χ2n) is 9.40. The molecule has 4 fully saturated rings. The van der Waals surface area contributed by atoms with E-state index in [9.17, 15) is 9.59 Å². The SMILES string of the molecule is COc1ccc([C@@H]2CN(C(=O)C(=O)NC(C)(C)C)[C@@H]3C4CCN(CC4)[C@@H]32)cc1. The minimum absolute atomic E-state index is 0.132. The number of benzene rings is 1. The van der Waals surface area contributed by atoms with Gasteiger partial charge in [-0.2, -0.15) is 0 Å². The number of hydrogen-bond acceptors (Lipinski definition) is 4. The van der Waals surface area contributed by atoms with E-state index in [0.29, 0.717) is 18.5 Å². The van der Waals surface area contributed by atoms with E-state index in [0.717, 1.165) is 31.7 Å². The Morgan fingerprint density at radius 2 is 1.71 bits per heavy atom. The van der Waals surface area contributed by atoms with Crippen LogP contribution in [-0.4, -0.2) is 66.0 Å². The molecule has 4 heterocycles. The Kier molecular flexibility index (Phi) is 4.86. The molecule has 28 heavy (non-hydrogen) atoms. The zero-order chi connectivity index (χ0) is 20.1. The average molecular weight is 386 g/mol. The smallest absolute Gasteiger partial charge is 0.312 e. The van der Waals surface area contributed by atoms with E-state index < -0.39 is 11.4 Å². The Labute approximate surface area is 167 Å². The number of ether oxygens (including phenoxy) is 1. The highest BCUT2D eigenvalue weighted by Gasteiger charge is 2.55. The Morgan fingerprint density at radius 1 is 1.07 bits per heavy atom. The third-order valence-electron chi connectivity index (χ3n) is 6.48. The lowest BCUT2D eigenvalue weighted by molar-refractivity contribution is -0.149. The second-order valence-corrected chi connectivity index (χ2v) is 9.40. The molecule has 0 spiro atoms. The number of amides is 2. The molecular formula is C22H31N3O3. The van der Waals surface area contributed by atoms with Crippen molar-refractivity contribution in [3.8, 4) is 5.75 Å². The summed E-state index contributed by atoms with van der Waals surface area (Å²) in [4.78, 5) is 30.1. The van der Waals surface area contributed by atoms with Crippen LogP contribution in [0.1, 0.15) is 45.1 Å². The van der Waals surface area contributed by atoms with Gasteiger partial charge in [-0.3, -0.25) is 14.5 Å². The van der Waals surface area contributed by atoms with Crippen molar-refractivity contribution in [2.45, 2.75) is 57.2 Å². The molecule has 4 aliphatic heterocycles. The number of carbonyl (C=O) groups excluding carboxylic acids is 2. The molecule has 5 rings (SSSR count). The summed E-state index contributed by atoms with van der Waals surface area (Å²) in [5, 5.41) is 2.84. The summed E-state index contributed by atoms with van der Waals surface area (Å²) in [6.07, 6.45) is 2.22. The van der Waals surface area contributed by atoms with Crippen molar-refractivity contribution in [3.63, 3.8) is 0 Å². The molecule has 1 aromatic carbocycles. The standard InChI is InChI=1S/C22H31N3O3/c1-22(2,3)23-20(26)21(27)25-13-17(14-5-7-16(28-4)8-6-14)19-18(25)15-9-11-24(19)12-10-15/h5-8,15,17-19H,9-13H2,1-4H3,(H,23,26)/t17-,18+,19+/m0/s1. The number of methoxy groups -OCH3 is 1. The molecule has 4 aliphatic rings. The zero-order valence-corrected chi connectivity index (χ0v) is 17.3. The van der Waals surface area contributed by atoms with Crippen LogP contribution in [-0.2, 0) is 9.59 Å². The molecule has 0 radical (unpaired) electrons. The van der Waals surface area contributed by atoms with E-state index in [-0.39, 0.29) is 17.9 Å². The summed E-state index contributed by atoms with van der Waals surface area (Å²) < 4.78 is 5.30. The van der Waals surface area contributed by atoms with Gasteiger partial charge in [0.15, 0.2) is 0 Å². The van der Waals surface area contributed by atoms with Crippen molar-refractivity contribution in [3.05, 3.63) is 29.8 Å². The van der Waals surface area contributed by atoms with Crippen LogP contribution >= 0.6 is 0 Å². The van der Waals surface area contributed by atoms with Gasteiger partial charge in [0, 0.05) is 24.0 Å². The number of fused-ring (bicyclic) bond motifs is 2. The maximum atomic E-state index is 13.1. The fraction of sp³-hybridized carbons (Fsp3) is 0.636. The molecule has 0 aromatic heterocycles. The fourth-order valence-corrected chi connectivity index (χ4v) is 5.32. The molecule has 2 amide bonds. The van der Waals surface area contributed by atoms with Gasteiger partial charge in [-0.15, -0.1) is 0 Å². The van der Waals surface area contributed by atoms with E-state index in [1.54, 1.807) is 7.11 Å². The second kappa shape index (κ2) is 7.07. The fourth-order valence-electron chi connectivity index (χ4n) is 5.32. The van der Waals surface area contributed by atoms with Gasteiger partial charge in [-0.1, -0.05) is 12.1 Å². The third-order valence-corrected chi connectivity index (χ3v) is 6.48. The topological polar surface area (TPSA) is 61.9 Å². The van der Waals surface area contributed by atoms with Crippen molar-refractivity contribution in [1.82, 2.24) is 15.1 Å². The van der Waals surface area contributed by atoms with Crippen LogP contribution < -0.4 is 10.1 Å². The monoisotopic (exact) mass is 385 g/mol. The van der Waals surface area contributed by atoms with Gasteiger partial charge in [0.25, 0.3) is 0 Å². The van der Waals surface area contributed by atoms with Crippen LogP contribution in [0.2, 0.25) is 0 Å². The molecule has 2 bridgehead atoms. The summed E-state index contributed by atoms with van der Waals surface area (Å²) in [6.45, 7) is 8.49. The molecule has 6 heteroatoms. The van der Waals surface area contributed by atoms with Crippen molar-refractivity contribution < 1.29 is 14.3 Å². The lowest BCUT2D eigenvalue weighted by Crippen LogP contribution is -2.62. The summed E-state index contributed by atoms with van der Waals surface area (Å²) in [6, 6.07) is 8.61. The molecule has 1 aromatic rings. The Morgan fingerprint density at radius 3 is 2.29 bits per heavy atom. The van der Waals surface area contributed by atoms with Crippen molar-refractivity contribution in [2.24, 2.45) is 5.92 Å². The third kappa shape index (κ3) is 3.39. The highest BCUT2D eigenvalue weighted by Crippen LogP contribution is 2.46. The van der Waals surface area contributed by atoms with Crippen LogP contribution in [0.15, 0.2) is 24.3 Å². The first-order chi connectivity index (χ1) is 13.3. The Balaban J connectivity index is 1.63. The van der Waals surface area contributed by atoms with Crippen LogP contribution in [0.4, 0.5) is 0 Å². The minimum atomic E-state index is -0.488. The van der Waals surface area contributed by atoms with E-state index >= 15 is 0 Å². The first kappa shape index (κ1) is 19.2. The first-order valence-corrected chi connectivity index (χ1v) is 10.3. The highest BCUT2D eigenvalue weighted by atomic mass is 16.5. The van der Waals surface area contributed by atoms with E-state index in [1.165, 1.54) is 5.56 Å². The molecule has 0 aliphatic carbocycles. The first-order valence-electron chi connectivity index (χ1n) is 10.3. The molecule has 1 N–H and O–H groups in total. The molecule has 6 nitrogen and oxygen atoms in total. The number of nitrogens with zero attached hydrogens (tertiary/aromatic N) is 2. The summed E-state index contributed by atoms with van der Waals surface area (Å²) in [5.41, 5.74) is 0.797. The number of nitrogens with one attached hydrogen (secondary N) is 1. The molecule has 0 saturated carbocycles. The van der Waals surface area contributed by atoms with E-state index in [2.05, 4.69) is 22.3 Å². The van der Waals surface area contributed by atoms with Gasteiger partial charge < -0.3 is 15.0 Å². The van der Waals surface area contributed by atoms with E-state index in [4.69, 9.17) is 4.74 Å². The predicted octanol–water partition coefficient (Wildman–Crippen LogP) is 2.00. The van der Waals surface area contributed by atoms with Crippen molar-refractivity contribution in [2.75, 3.05) is 26.7 Å². The van der Waals surface area contributed by atoms with Gasteiger partial charge in [-0.25, -0.2) is 0 Å².